The summed E-state index contributed by atoms with van der Waals surface area (Å²) in [6.07, 6.45) is 0. The number of fused-ring (bicyclic) bond motifs is 4. The van der Waals surface area contributed by atoms with Crippen LogP contribution >= 0.6 is 0 Å². The number of rotatable bonds is 2. The molecule has 6 rings (SSSR count). The first-order chi connectivity index (χ1) is 14.9. The van der Waals surface area contributed by atoms with Gasteiger partial charge in [-0.25, -0.2) is 19.2 Å². The molecule has 7 heteroatoms. The molecule has 0 bridgehead atoms. The molecule has 0 saturated carbocycles. The normalized spacial score (nSPS) is 12.0. The van der Waals surface area contributed by atoms with Crippen molar-refractivity contribution in [1.29, 1.82) is 0 Å². The van der Waals surface area contributed by atoms with Gasteiger partial charge in [0.1, 0.15) is 0 Å². The molecule has 1 heterocycles. The monoisotopic (exact) mass is 410 g/mol. The van der Waals surface area contributed by atoms with Crippen molar-refractivity contribution in [3.05, 3.63) is 80.5 Å². The number of furan rings is 1. The number of hydrogen-bond acceptors (Lipinski definition) is 5. The highest BCUT2D eigenvalue weighted by Crippen LogP contribution is 2.44. The number of carboxylic acids is 2. The minimum atomic E-state index is -1.51. The maximum absolute atomic E-state index is 12.7. The van der Waals surface area contributed by atoms with Crippen molar-refractivity contribution in [3.8, 4) is 0 Å². The Labute approximate surface area is 171 Å². The van der Waals surface area contributed by atoms with Crippen LogP contribution < -0.4 is 11.3 Å². The van der Waals surface area contributed by atoms with Gasteiger partial charge < -0.3 is 14.6 Å². The summed E-state index contributed by atoms with van der Waals surface area (Å²) in [5.41, 5.74) is -2.83. The lowest BCUT2D eigenvalue weighted by Crippen LogP contribution is -2.09. The molecule has 1 aromatic heterocycles. The molecule has 0 fully saturated rings. The van der Waals surface area contributed by atoms with Crippen LogP contribution in [0.1, 0.15) is 20.7 Å². The Kier molecular flexibility index (Phi) is 3.10. The zero-order valence-corrected chi connectivity index (χ0v) is 15.6. The molecular weight excluding hydrogens is 400 g/mol. The van der Waals surface area contributed by atoms with Crippen LogP contribution in [0.15, 0.2) is 62.5 Å². The average molecular weight is 410 g/mol. The summed E-state index contributed by atoms with van der Waals surface area (Å²) in [5.74, 6) is -2.85. The average Bonchev–Trinajstić information content (AvgIpc) is 3.04. The van der Waals surface area contributed by atoms with E-state index in [0.29, 0.717) is 21.5 Å². The highest BCUT2D eigenvalue weighted by molar-refractivity contribution is 6.41. The van der Waals surface area contributed by atoms with Crippen LogP contribution in [0.3, 0.4) is 0 Å². The van der Waals surface area contributed by atoms with E-state index >= 15 is 0 Å². The predicted octanol–water partition coefficient (Wildman–Crippen LogP) is 4.04. The highest BCUT2D eigenvalue weighted by atomic mass is 16.4. The van der Waals surface area contributed by atoms with Crippen LogP contribution in [0.4, 0.5) is 0 Å². The van der Waals surface area contributed by atoms with Gasteiger partial charge >= 0.3 is 23.2 Å². The molecule has 0 atom stereocenters. The van der Waals surface area contributed by atoms with Crippen LogP contribution in [0, 0.1) is 0 Å². The van der Waals surface area contributed by atoms with Gasteiger partial charge in [0.15, 0.2) is 0 Å². The number of carbonyl (C=O) groups is 2. The Morgan fingerprint density at radius 1 is 0.613 bits per heavy atom. The summed E-state index contributed by atoms with van der Waals surface area (Å²) in [4.78, 5) is 49.5. The summed E-state index contributed by atoms with van der Waals surface area (Å²) in [5, 5.41) is 23.5. The van der Waals surface area contributed by atoms with Gasteiger partial charge in [0.25, 0.3) is 0 Å². The maximum Gasteiger partial charge on any atom is 0.347 e. The topological polar surface area (TPSA) is 122 Å². The number of aromatic carboxylic acids is 2. The van der Waals surface area contributed by atoms with Crippen molar-refractivity contribution in [2.24, 2.45) is 0 Å². The van der Waals surface area contributed by atoms with Gasteiger partial charge in [-0.05, 0) is 33.0 Å². The highest BCUT2D eigenvalue weighted by Gasteiger charge is 2.29. The van der Waals surface area contributed by atoms with E-state index in [1.165, 1.54) is 6.07 Å². The molecule has 7 nitrogen and oxygen atoms in total. The second kappa shape index (κ2) is 5.54. The molecule has 148 valence electrons. The Hall–Kier alpha value is -4.52. The molecule has 0 saturated heterocycles. The zero-order chi connectivity index (χ0) is 21.6. The lowest BCUT2D eigenvalue weighted by molar-refractivity contribution is 0.0696. The summed E-state index contributed by atoms with van der Waals surface area (Å²) >= 11 is 0. The van der Waals surface area contributed by atoms with Crippen molar-refractivity contribution in [2.45, 2.75) is 0 Å². The van der Waals surface area contributed by atoms with Crippen molar-refractivity contribution in [3.63, 3.8) is 0 Å². The quantitative estimate of drug-likeness (QED) is 0.326. The molecule has 0 amide bonds. The van der Waals surface area contributed by atoms with Gasteiger partial charge in [0.2, 0.25) is 0 Å². The van der Waals surface area contributed by atoms with E-state index in [-0.39, 0.29) is 16.3 Å². The maximum atomic E-state index is 12.7. The molecule has 31 heavy (non-hydrogen) atoms. The SMILES string of the molecule is O=C(O)c1ccc2c3cccc4cccc(c43)c3c4c(=O)oc(=O)c4c(C(=O)O)c1c23. The molecule has 0 aliphatic carbocycles. The molecule has 6 aromatic rings. The van der Waals surface area contributed by atoms with Gasteiger partial charge in [-0.3, -0.25) is 0 Å². The third kappa shape index (κ3) is 1.97. The van der Waals surface area contributed by atoms with Gasteiger partial charge in [-0.1, -0.05) is 42.5 Å². The standard InChI is InChI=1S/C24H10O7/c25-21(26)13-8-7-11-10-5-1-3-9-4-2-6-12(14(9)10)16-15(11)17(13)18(22(27)28)20-19(16)23(29)31-24(20)30/h1-8H,(H,25,26)(H,27,28). The molecule has 0 unspecified atom stereocenters. The minimum absolute atomic E-state index is 0.0931. The molecule has 0 spiro atoms. The van der Waals surface area contributed by atoms with Crippen LogP contribution in [-0.2, 0) is 0 Å². The van der Waals surface area contributed by atoms with Crippen molar-refractivity contribution >= 4 is 65.8 Å². The fraction of sp³-hybridized carbons (Fsp3) is 0. The Morgan fingerprint density at radius 3 is 1.90 bits per heavy atom. The van der Waals surface area contributed by atoms with Crippen LogP contribution in [0.5, 0.6) is 0 Å². The number of hydrogen-bond donors (Lipinski definition) is 2. The molecule has 2 N–H and O–H groups in total. The molecule has 0 radical (unpaired) electrons. The predicted molar refractivity (Wildman–Crippen MR) is 115 cm³/mol. The molecule has 5 aromatic carbocycles. The van der Waals surface area contributed by atoms with E-state index in [9.17, 15) is 29.4 Å². The van der Waals surface area contributed by atoms with Crippen molar-refractivity contribution in [2.75, 3.05) is 0 Å². The van der Waals surface area contributed by atoms with E-state index in [2.05, 4.69) is 0 Å². The second-order valence-electron chi connectivity index (χ2n) is 7.41. The van der Waals surface area contributed by atoms with E-state index in [1.807, 2.05) is 24.3 Å². The molecule has 0 aliphatic rings. The van der Waals surface area contributed by atoms with E-state index < -0.39 is 34.1 Å². The lowest BCUT2D eigenvalue weighted by Gasteiger charge is -2.17. The largest absolute Gasteiger partial charge is 0.478 e. The number of benzene rings is 5. The first-order valence-electron chi connectivity index (χ1n) is 9.32. The fourth-order valence-corrected chi connectivity index (χ4v) is 4.88. The van der Waals surface area contributed by atoms with E-state index in [1.54, 1.807) is 18.2 Å². The van der Waals surface area contributed by atoms with Crippen LogP contribution in [0.25, 0.3) is 53.9 Å². The smallest absolute Gasteiger partial charge is 0.347 e. The summed E-state index contributed by atoms with van der Waals surface area (Å²) in [6.45, 7) is 0. The Bertz CT molecular complexity index is 1870. The first-order valence-corrected chi connectivity index (χ1v) is 9.32. The summed E-state index contributed by atoms with van der Waals surface area (Å²) in [7, 11) is 0. The van der Waals surface area contributed by atoms with Gasteiger partial charge in [-0.2, -0.15) is 0 Å². The molecular formula is C24H10O7. The fourth-order valence-electron chi connectivity index (χ4n) is 4.88. The summed E-state index contributed by atoms with van der Waals surface area (Å²) < 4.78 is 4.80. The van der Waals surface area contributed by atoms with Gasteiger partial charge in [0, 0.05) is 16.2 Å². The Morgan fingerprint density at radius 2 is 1.23 bits per heavy atom. The van der Waals surface area contributed by atoms with Crippen LogP contribution in [-0.4, -0.2) is 22.2 Å². The van der Waals surface area contributed by atoms with Crippen molar-refractivity contribution < 1.29 is 24.2 Å². The molecule has 0 aliphatic heterocycles. The third-order valence-corrected chi connectivity index (χ3v) is 5.96. The third-order valence-electron chi connectivity index (χ3n) is 5.96. The van der Waals surface area contributed by atoms with Crippen LogP contribution in [0.2, 0.25) is 0 Å². The van der Waals surface area contributed by atoms with E-state index in [0.717, 1.165) is 16.2 Å². The number of carboxylic acid groups (broad SMARTS) is 2. The van der Waals surface area contributed by atoms with Gasteiger partial charge in [0.05, 0.1) is 21.9 Å². The minimum Gasteiger partial charge on any atom is -0.478 e. The van der Waals surface area contributed by atoms with E-state index in [4.69, 9.17) is 4.42 Å². The second-order valence-corrected chi connectivity index (χ2v) is 7.41. The zero-order valence-electron chi connectivity index (χ0n) is 15.6. The first kappa shape index (κ1) is 17.3. The van der Waals surface area contributed by atoms with Gasteiger partial charge in [-0.15, -0.1) is 0 Å². The lowest BCUT2D eigenvalue weighted by atomic mass is 9.84. The summed E-state index contributed by atoms with van der Waals surface area (Å²) in [6, 6.07) is 14.0. The van der Waals surface area contributed by atoms with Crippen molar-refractivity contribution in [1.82, 2.24) is 0 Å². The Balaban J connectivity index is 2.18.